The molecule has 1 atom stereocenters. The maximum absolute atomic E-state index is 11.9. The summed E-state index contributed by atoms with van der Waals surface area (Å²) in [6.07, 6.45) is 8.85. The standard InChI is InChI=1S/C24H35N3O4.ClH/c28-22-12-11-21(24(31)26-22)25-20-9-7-18(8-10-20)19-13-16-27(17-14-19)15-5-3-1-2-4-6-23(29)30;/h7-10,19,21,25H,1-6,11-17H2,(H,29,30)(H,26,28,31);1H. The van der Waals surface area contributed by atoms with E-state index in [-0.39, 0.29) is 30.3 Å². The number of halogens is 1. The maximum Gasteiger partial charge on any atom is 0.303 e. The lowest BCUT2D eigenvalue weighted by atomic mass is 9.89. The number of imide groups is 1. The number of rotatable bonds is 11. The summed E-state index contributed by atoms with van der Waals surface area (Å²) in [4.78, 5) is 36.2. The van der Waals surface area contributed by atoms with Gasteiger partial charge in [-0.05, 0) is 75.4 Å². The van der Waals surface area contributed by atoms with E-state index in [1.807, 2.05) is 12.1 Å². The average molecular weight is 466 g/mol. The van der Waals surface area contributed by atoms with E-state index in [0.717, 1.165) is 44.6 Å². The van der Waals surface area contributed by atoms with Gasteiger partial charge in [-0.15, -0.1) is 12.4 Å². The van der Waals surface area contributed by atoms with Crippen molar-refractivity contribution in [3.8, 4) is 0 Å². The molecule has 2 aliphatic heterocycles. The van der Waals surface area contributed by atoms with Gasteiger partial charge in [0.2, 0.25) is 11.8 Å². The van der Waals surface area contributed by atoms with Gasteiger partial charge in [0.1, 0.15) is 6.04 Å². The minimum atomic E-state index is -0.692. The first-order valence-electron chi connectivity index (χ1n) is 11.7. The highest BCUT2D eigenvalue weighted by Crippen LogP contribution is 2.29. The third-order valence-corrected chi connectivity index (χ3v) is 6.41. The number of nitrogens with one attached hydrogen (secondary N) is 2. The summed E-state index contributed by atoms with van der Waals surface area (Å²) < 4.78 is 0. The van der Waals surface area contributed by atoms with Gasteiger partial charge < -0.3 is 15.3 Å². The Bertz CT molecular complexity index is 748. The summed E-state index contributed by atoms with van der Waals surface area (Å²) in [5.41, 5.74) is 2.27. The van der Waals surface area contributed by atoms with Crippen molar-refractivity contribution in [2.75, 3.05) is 25.0 Å². The second-order valence-electron chi connectivity index (χ2n) is 8.80. The number of unbranched alkanes of at least 4 members (excludes halogenated alkanes) is 4. The molecule has 178 valence electrons. The number of piperidine rings is 2. The molecular weight excluding hydrogens is 430 g/mol. The van der Waals surface area contributed by atoms with E-state index < -0.39 is 5.97 Å². The Labute approximate surface area is 196 Å². The van der Waals surface area contributed by atoms with Gasteiger partial charge in [-0.25, -0.2) is 0 Å². The van der Waals surface area contributed by atoms with Crippen molar-refractivity contribution in [3.63, 3.8) is 0 Å². The number of nitrogens with zero attached hydrogens (tertiary/aromatic N) is 1. The number of carbonyl (C=O) groups is 3. The first-order valence-corrected chi connectivity index (χ1v) is 11.7. The van der Waals surface area contributed by atoms with Crippen LogP contribution in [0.5, 0.6) is 0 Å². The lowest BCUT2D eigenvalue weighted by Gasteiger charge is -2.32. The molecule has 2 amide bonds. The number of hydrogen-bond donors (Lipinski definition) is 3. The van der Waals surface area contributed by atoms with Crippen molar-refractivity contribution < 1.29 is 19.5 Å². The van der Waals surface area contributed by atoms with E-state index in [9.17, 15) is 14.4 Å². The van der Waals surface area contributed by atoms with Crippen LogP contribution in [-0.4, -0.2) is 53.5 Å². The van der Waals surface area contributed by atoms with Crippen molar-refractivity contribution in [2.24, 2.45) is 0 Å². The van der Waals surface area contributed by atoms with Crippen LogP contribution in [0.4, 0.5) is 5.69 Å². The molecule has 3 N–H and O–H groups in total. The lowest BCUT2D eigenvalue weighted by molar-refractivity contribution is -0.137. The smallest absolute Gasteiger partial charge is 0.303 e. The molecule has 2 aliphatic rings. The molecule has 0 bridgehead atoms. The molecule has 0 aromatic heterocycles. The van der Waals surface area contributed by atoms with Crippen LogP contribution >= 0.6 is 12.4 Å². The minimum Gasteiger partial charge on any atom is -0.481 e. The van der Waals surface area contributed by atoms with Crippen molar-refractivity contribution in [1.29, 1.82) is 0 Å². The summed E-state index contributed by atoms with van der Waals surface area (Å²) in [6, 6.07) is 8.05. The van der Waals surface area contributed by atoms with Gasteiger partial charge in [-0.2, -0.15) is 0 Å². The highest BCUT2D eigenvalue weighted by molar-refractivity contribution is 6.01. The van der Waals surface area contributed by atoms with E-state index in [0.29, 0.717) is 25.2 Å². The number of amides is 2. The predicted octanol–water partition coefficient (Wildman–Crippen LogP) is 3.93. The summed E-state index contributed by atoms with van der Waals surface area (Å²) >= 11 is 0. The Morgan fingerprint density at radius 3 is 2.31 bits per heavy atom. The fourth-order valence-electron chi connectivity index (χ4n) is 4.52. The van der Waals surface area contributed by atoms with E-state index in [2.05, 4.69) is 27.7 Å². The summed E-state index contributed by atoms with van der Waals surface area (Å²) in [6.45, 7) is 3.39. The molecule has 2 saturated heterocycles. The van der Waals surface area contributed by atoms with Gasteiger partial charge in [0.05, 0.1) is 0 Å². The second kappa shape index (κ2) is 13.4. The van der Waals surface area contributed by atoms with E-state index >= 15 is 0 Å². The van der Waals surface area contributed by atoms with Crippen LogP contribution in [0.2, 0.25) is 0 Å². The van der Waals surface area contributed by atoms with Crippen molar-refractivity contribution in [1.82, 2.24) is 10.2 Å². The Balaban J connectivity index is 0.00000363. The number of carboxylic acid groups (broad SMARTS) is 1. The Hall–Kier alpha value is -2.12. The van der Waals surface area contributed by atoms with Crippen LogP contribution in [0, 0.1) is 0 Å². The molecular formula is C24H36ClN3O4. The van der Waals surface area contributed by atoms with Crippen molar-refractivity contribution >= 4 is 35.9 Å². The number of carbonyl (C=O) groups excluding carboxylic acids is 2. The topological polar surface area (TPSA) is 98.7 Å². The number of hydrogen-bond acceptors (Lipinski definition) is 5. The van der Waals surface area contributed by atoms with Gasteiger partial charge in [-0.3, -0.25) is 19.7 Å². The van der Waals surface area contributed by atoms with Crippen LogP contribution < -0.4 is 10.6 Å². The average Bonchev–Trinajstić information content (AvgIpc) is 2.76. The summed E-state index contributed by atoms with van der Waals surface area (Å²) in [5.74, 6) is -0.548. The van der Waals surface area contributed by atoms with Crippen LogP contribution in [-0.2, 0) is 14.4 Å². The fraction of sp³-hybridized carbons (Fsp3) is 0.625. The molecule has 32 heavy (non-hydrogen) atoms. The van der Waals surface area contributed by atoms with E-state index in [4.69, 9.17) is 5.11 Å². The molecule has 1 aromatic carbocycles. The second-order valence-corrected chi connectivity index (χ2v) is 8.80. The molecule has 2 heterocycles. The van der Waals surface area contributed by atoms with E-state index in [1.54, 1.807) is 0 Å². The molecule has 7 nitrogen and oxygen atoms in total. The maximum atomic E-state index is 11.9. The van der Waals surface area contributed by atoms with E-state index in [1.165, 1.54) is 31.2 Å². The molecule has 1 aromatic rings. The summed E-state index contributed by atoms with van der Waals surface area (Å²) in [7, 11) is 0. The van der Waals surface area contributed by atoms with Crippen molar-refractivity contribution in [3.05, 3.63) is 29.8 Å². The Morgan fingerprint density at radius 2 is 1.66 bits per heavy atom. The zero-order chi connectivity index (χ0) is 22.1. The largest absolute Gasteiger partial charge is 0.481 e. The number of aliphatic carboxylic acids is 1. The zero-order valence-electron chi connectivity index (χ0n) is 18.7. The predicted molar refractivity (Wildman–Crippen MR) is 127 cm³/mol. The molecule has 0 aliphatic carbocycles. The molecule has 0 saturated carbocycles. The van der Waals surface area contributed by atoms with Gasteiger partial charge in [0.15, 0.2) is 0 Å². The van der Waals surface area contributed by atoms with Crippen LogP contribution in [0.3, 0.4) is 0 Å². The number of likely N-dealkylation sites (tertiary alicyclic amines) is 1. The number of carboxylic acids is 1. The Morgan fingerprint density at radius 1 is 1.00 bits per heavy atom. The highest BCUT2D eigenvalue weighted by Gasteiger charge is 2.26. The third-order valence-electron chi connectivity index (χ3n) is 6.41. The third kappa shape index (κ3) is 8.43. The zero-order valence-corrected chi connectivity index (χ0v) is 19.5. The van der Waals surface area contributed by atoms with Crippen LogP contribution in [0.15, 0.2) is 24.3 Å². The van der Waals surface area contributed by atoms with Gasteiger partial charge in [0, 0.05) is 18.5 Å². The van der Waals surface area contributed by atoms with Crippen molar-refractivity contribution in [2.45, 2.75) is 76.2 Å². The fourth-order valence-corrected chi connectivity index (χ4v) is 4.52. The lowest BCUT2D eigenvalue weighted by Crippen LogP contribution is -2.47. The summed E-state index contributed by atoms with van der Waals surface area (Å²) in [5, 5.41) is 14.3. The molecule has 0 radical (unpaired) electrons. The van der Waals surface area contributed by atoms with Gasteiger partial charge in [0.25, 0.3) is 0 Å². The number of benzene rings is 1. The van der Waals surface area contributed by atoms with Crippen LogP contribution in [0.1, 0.15) is 75.7 Å². The van der Waals surface area contributed by atoms with Gasteiger partial charge in [-0.1, -0.05) is 31.4 Å². The Kier molecular flexibility index (Phi) is 11.0. The van der Waals surface area contributed by atoms with Crippen LogP contribution in [0.25, 0.3) is 0 Å². The first kappa shape index (κ1) is 26.1. The molecule has 2 fully saturated rings. The molecule has 0 spiro atoms. The number of anilines is 1. The quantitative estimate of drug-likeness (QED) is 0.338. The highest BCUT2D eigenvalue weighted by atomic mass is 35.5. The first-order chi connectivity index (χ1) is 15.0. The van der Waals surface area contributed by atoms with Gasteiger partial charge >= 0.3 is 5.97 Å². The SMILES string of the molecule is Cl.O=C(O)CCCCCCCN1CCC(c2ccc(NC3CCC(=O)NC3=O)cc2)CC1. The molecule has 3 rings (SSSR count). The molecule has 1 unspecified atom stereocenters. The monoisotopic (exact) mass is 465 g/mol. The minimum absolute atomic E-state index is 0. The molecule has 8 heteroatoms. The normalized spacial score (nSPS) is 19.8.